The van der Waals surface area contributed by atoms with E-state index in [4.69, 9.17) is 16.3 Å². The zero-order valence-corrected chi connectivity index (χ0v) is 20.3. The standard InChI is InChI=1S/C30H21ClN2O4/c31-26-17-9-7-12-22(26)20-37-27-18-10-8-11-21(27)19-25-28(34)32(23-13-3-1-4-14-23)30(36)33(29(25)35)24-15-5-2-6-16-24/h1-19H,20H2. The minimum absolute atomic E-state index is 0.166. The molecule has 0 saturated carbocycles. The van der Waals surface area contributed by atoms with Gasteiger partial charge in [0.25, 0.3) is 11.8 Å². The van der Waals surface area contributed by atoms with Crippen LogP contribution in [0.4, 0.5) is 16.2 Å². The number of amides is 4. The molecule has 1 aliphatic rings. The van der Waals surface area contributed by atoms with E-state index in [9.17, 15) is 14.4 Å². The van der Waals surface area contributed by atoms with Gasteiger partial charge in [-0.1, -0.05) is 84.4 Å². The Kier molecular flexibility index (Phi) is 6.83. The van der Waals surface area contributed by atoms with E-state index in [0.717, 1.165) is 15.4 Å². The van der Waals surface area contributed by atoms with Crippen molar-refractivity contribution in [3.8, 4) is 5.75 Å². The van der Waals surface area contributed by atoms with E-state index >= 15 is 0 Å². The molecule has 0 atom stereocenters. The molecule has 4 aromatic carbocycles. The van der Waals surface area contributed by atoms with Gasteiger partial charge in [0, 0.05) is 16.1 Å². The number of rotatable bonds is 6. The number of anilines is 2. The second-order valence-electron chi connectivity index (χ2n) is 8.21. The van der Waals surface area contributed by atoms with Crippen molar-refractivity contribution >= 4 is 46.9 Å². The van der Waals surface area contributed by atoms with E-state index in [0.29, 0.717) is 27.7 Å². The molecule has 6 nitrogen and oxygen atoms in total. The molecule has 5 rings (SSSR count). The largest absolute Gasteiger partial charge is 0.488 e. The number of halogens is 1. The number of hydrogen-bond acceptors (Lipinski definition) is 4. The second kappa shape index (κ2) is 10.5. The van der Waals surface area contributed by atoms with E-state index in [2.05, 4.69) is 0 Å². The Morgan fingerprint density at radius 3 is 1.76 bits per heavy atom. The summed E-state index contributed by atoms with van der Waals surface area (Å²) in [6, 6.07) is 30.7. The van der Waals surface area contributed by atoms with Crippen LogP contribution in [0.2, 0.25) is 5.02 Å². The molecule has 0 N–H and O–H groups in total. The maximum atomic E-state index is 13.6. The Balaban J connectivity index is 1.56. The van der Waals surface area contributed by atoms with Crippen LogP contribution in [0, 0.1) is 0 Å². The van der Waals surface area contributed by atoms with Gasteiger partial charge in [0.2, 0.25) is 0 Å². The number of benzene rings is 4. The molecule has 0 unspecified atom stereocenters. The van der Waals surface area contributed by atoms with Crippen molar-refractivity contribution in [3.05, 3.63) is 131 Å². The third kappa shape index (κ3) is 4.87. The van der Waals surface area contributed by atoms with Crippen LogP contribution in [0.25, 0.3) is 6.08 Å². The first-order valence-corrected chi connectivity index (χ1v) is 11.9. The van der Waals surface area contributed by atoms with Crippen LogP contribution in [0.1, 0.15) is 11.1 Å². The Hall–Kier alpha value is -4.68. The first-order chi connectivity index (χ1) is 18.0. The quantitative estimate of drug-likeness (QED) is 0.220. The number of imide groups is 2. The third-order valence-electron chi connectivity index (χ3n) is 5.84. The molecule has 182 valence electrons. The van der Waals surface area contributed by atoms with Crippen molar-refractivity contribution < 1.29 is 19.1 Å². The SMILES string of the molecule is O=C1C(=Cc2ccccc2OCc2ccccc2Cl)C(=O)N(c2ccccc2)C(=O)N1c1ccccc1. The van der Waals surface area contributed by atoms with Gasteiger partial charge in [-0.25, -0.2) is 14.6 Å². The number of barbiturate groups is 1. The number of urea groups is 1. The number of para-hydroxylation sites is 3. The first-order valence-electron chi connectivity index (χ1n) is 11.5. The Labute approximate surface area is 219 Å². The zero-order valence-electron chi connectivity index (χ0n) is 19.6. The summed E-state index contributed by atoms with van der Waals surface area (Å²) in [5, 5.41) is 0.575. The average molecular weight is 509 g/mol. The van der Waals surface area contributed by atoms with Gasteiger partial charge in [0.1, 0.15) is 17.9 Å². The Morgan fingerprint density at radius 2 is 1.16 bits per heavy atom. The lowest BCUT2D eigenvalue weighted by Crippen LogP contribution is -2.57. The van der Waals surface area contributed by atoms with E-state index in [1.54, 1.807) is 91.0 Å². The summed E-state index contributed by atoms with van der Waals surface area (Å²) >= 11 is 6.26. The highest BCUT2D eigenvalue weighted by Crippen LogP contribution is 2.31. The van der Waals surface area contributed by atoms with Crippen molar-refractivity contribution in [1.29, 1.82) is 0 Å². The fraction of sp³-hybridized carbons (Fsp3) is 0.0333. The smallest absolute Gasteiger partial charge is 0.343 e. The molecule has 0 radical (unpaired) electrons. The molecular formula is C30H21ClN2O4. The summed E-state index contributed by atoms with van der Waals surface area (Å²) in [4.78, 5) is 42.7. The van der Waals surface area contributed by atoms with Crippen LogP contribution in [0.15, 0.2) is 115 Å². The summed E-state index contributed by atoms with van der Waals surface area (Å²) in [5.74, 6) is -0.964. The number of carbonyl (C=O) groups is 3. The molecule has 1 aliphatic heterocycles. The lowest BCUT2D eigenvalue weighted by atomic mass is 10.0. The molecule has 1 heterocycles. The van der Waals surface area contributed by atoms with E-state index < -0.39 is 17.8 Å². The lowest BCUT2D eigenvalue weighted by Gasteiger charge is -2.34. The van der Waals surface area contributed by atoms with Gasteiger partial charge < -0.3 is 4.74 Å². The normalized spacial score (nSPS) is 13.6. The molecule has 0 spiro atoms. The lowest BCUT2D eigenvalue weighted by molar-refractivity contribution is -0.121. The molecule has 37 heavy (non-hydrogen) atoms. The van der Waals surface area contributed by atoms with Gasteiger partial charge in [-0.3, -0.25) is 9.59 Å². The van der Waals surface area contributed by atoms with Crippen LogP contribution in [0.5, 0.6) is 5.75 Å². The van der Waals surface area contributed by atoms with Crippen LogP contribution in [0.3, 0.4) is 0 Å². The summed E-state index contributed by atoms with van der Waals surface area (Å²) < 4.78 is 6.01. The van der Waals surface area contributed by atoms with Gasteiger partial charge in [-0.2, -0.15) is 0 Å². The number of hydrogen-bond donors (Lipinski definition) is 0. The van der Waals surface area contributed by atoms with Crippen LogP contribution in [-0.4, -0.2) is 17.8 Å². The van der Waals surface area contributed by atoms with Crippen molar-refractivity contribution in [2.45, 2.75) is 6.61 Å². The predicted octanol–water partition coefficient (Wildman–Crippen LogP) is 6.50. The van der Waals surface area contributed by atoms with E-state index in [1.165, 1.54) is 6.08 Å². The van der Waals surface area contributed by atoms with Gasteiger partial charge >= 0.3 is 6.03 Å². The average Bonchev–Trinajstić information content (AvgIpc) is 2.92. The van der Waals surface area contributed by atoms with Gasteiger partial charge in [0.05, 0.1) is 11.4 Å². The molecule has 4 aromatic rings. The number of nitrogens with zero attached hydrogens (tertiary/aromatic N) is 2. The topological polar surface area (TPSA) is 66.9 Å². The zero-order chi connectivity index (χ0) is 25.8. The molecule has 7 heteroatoms. The highest BCUT2D eigenvalue weighted by Gasteiger charge is 2.43. The van der Waals surface area contributed by atoms with Gasteiger partial charge in [-0.15, -0.1) is 0 Å². The summed E-state index contributed by atoms with van der Waals surface area (Å²) in [6.45, 7) is 0.201. The highest BCUT2D eigenvalue weighted by atomic mass is 35.5. The fourth-order valence-corrected chi connectivity index (χ4v) is 4.19. The Morgan fingerprint density at radius 1 is 0.649 bits per heavy atom. The van der Waals surface area contributed by atoms with Crippen LogP contribution in [-0.2, 0) is 16.2 Å². The molecular weight excluding hydrogens is 488 g/mol. The number of carbonyl (C=O) groups excluding carboxylic acids is 3. The maximum Gasteiger partial charge on any atom is 0.343 e. The van der Waals surface area contributed by atoms with Crippen molar-refractivity contribution in [2.24, 2.45) is 0 Å². The van der Waals surface area contributed by atoms with Crippen LogP contribution < -0.4 is 14.5 Å². The van der Waals surface area contributed by atoms with E-state index in [1.807, 2.05) is 18.2 Å². The van der Waals surface area contributed by atoms with Crippen molar-refractivity contribution in [2.75, 3.05) is 9.80 Å². The molecule has 0 aromatic heterocycles. The molecule has 0 aliphatic carbocycles. The highest BCUT2D eigenvalue weighted by molar-refractivity contribution is 6.46. The predicted molar refractivity (Wildman–Crippen MR) is 143 cm³/mol. The third-order valence-corrected chi connectivity index (χ3v) is 6.21. The monoisotopic (exact) mass is 508 g/mol. The summed E-state index contributed by atoms with van der Waals surface area (Å²) in [6.07, 6.45) is 1.46. The molecule has 1 fully saturated rings. The fourth-order valence-electron chi connectivity index (χ4n) is 4.00. The first kappa shape index (κ1) is 24.0. The van der Waals surface area contributed by atoms with Gasteiger partial charge in [0.15, 0.2) is 0 Å². The molecule has 0 bridgehead atoms. The summed E-state index contributed by atoms with van der Waals surface area (Å²) in [7, 11) is 0. The van der Waals surface area contributed by atoms with E-state index in [-0.39, 0.29) is 12.2 Å². The van der Waals surface area contributed by atoms with Crippen molar-refractivity contribution in [1.82, 2.24) is 0 Å². The maximum absolute atomic E-state index is 13.6. The minimum atomic E-state index is -0.743. The van der Waals surface area contributed by atoms with Crippen LogP contribution >= 0.6 is 11.6 Å². The van der Waals surface area contributed by atoms with Gasteiger partial charge in [-0.05, 0) is 42.5 Å². The minimum Gasteiger partial charge on any atom is -0.488 e. The van der Waals surface area contributed by atoms with Crippen molar-refractivity contribution in [3.63, 3.8) is 0 Å². The molecule has 1 saturated heterocycles. The second-order valence-corrected chi connectivity index (χ2v) is 8.62. The summed E-state index contributed by atoms with van der Waals surface area (Å²) in [5.41, 5.74) is 1.87. The number of ether oxygens (including phenoxy) is 1. The Bertz CT molecular complexity index is 1440. The molecule has 4 amide bonds.